The molecule has 3 nitrogen and oxygen atoms in total. The first-order chi connectivity index (χ1) is 9.88. The molecule has 1 aliphatic carbocycles. The lowest BCUT2D eigenvalue weighted by Gasteiger charge is -2.11. The molecular weight excluding hydrogens is 246 g/mol. The van der Waals surface area contributed by atoms with E-state index in [-0.39, 0.29) is 0 Å². The van der Waals surface area contributed by atoms with Gasteiger partial charge in [-0.25, -0.2) is 9.97 Å². The maximum Gasteiger partial charge on any atom is 0.136 e. The molecule has 0 saturated heterocycles. The third-order valence-electron chi connectivity index (χ3n) is 3.91. The van der Waals surface area contributed by atoms with Gasteiger partial charge < -0.3 is 5.32 Å². The van der Waals surface area contributed by atoms with E-state index in [1.54, 1.807) is 0 Å². The largest absolute Gasteiger partial charge is 0.311 e. The molecule has 104 valence electrons. The van der Waals surface area contributed by atoms with E-state index >= 15 is 0 Å². The zero-order valence-corrected chi connectivity index (χ0v) is 12.0. The number of fused-ring (bicyclic) bond motifs is 1. The zero-order chi connectivity index (χ0) is 13.8. The summed E-state index contributed by atoms with van der Waals surface area (Å²) in [6, 6.07) is 10.7. The van der Waals surface area contributed by atoms with Crippen LogP contribution in [0.1, 0.15) is 48.3 Å². The quantitative estimate of drug-likeness (QED) is 0.846. The molecule has 3 rings (SSSR count). The highest BCUT2D eigenvalue weighted by Gasteiger charge is 2.25. The van der Waals surface area contributed by atoms with Gasteiger partial charge in [0.2, 0.25) is 0 Å². The molecule has 0 aliphatic heterocycles. The van der Waals surface area contributed by atoms with Gasteiger partial charge in [0.25, 0.3) is 0 Å². The van der Waals surface area contributed by atoms with Crippen molar-refractivity contribution in [3.05, 3.63) is 59.2 Å². The number of rotatable bonds is 5. The monoisotopic (exact) mass is 267 g/mol. The van der Waals surface area contributed by atoms with Crippen molar-refractivity contribution in [1.29, 1.82) is 0 Å². The number of aryl methyl sites for hydroxylation is 1. The van der Waals surface area contributed by atoms with E-state index in [1.807, 2.05) is 12.3 Å². The van der Waals surface area contributed by atoms with Crippen LogP contribution in [-0.4, -0.2) is 16.5 Å². The van der Waals surface area contributed by atoms with Gasteiger partial charge >= 0.3 is 0 Å². The van der Waals surface area contributed by atoms with Gasteiger partial charge in [-0.1, -0.05) is 31.2 Å². The standard InChI is InChI=1S/C17H21N3/c1-2-10-18-12-14-9-11-19-17(20-14)16-8-7-13-5-3-4-6-15(13)16/h3-6,9,11,16,18H,2,7-8,10,12H2,1H3. The van der Waals surface area contributed by atoms with E-state index < -0.39 is 0 Å². The van der Waals surface area contributed by atoms with Crippen LogP contribution in [0.2, 0.25) is 0 Å². The van der Waals surface area contributed by atoms with Crippen LogP contribution in [-0.2, 0) is 13.0 Å². The predicted molar refractivity (Wildman–Crippen MR) is 80.6 cm³/mol. The molecule has 1 heterocycles. The number of nitrogens with one attached hydrogen (secondary N) is 1. The first-order valence-electron chi connectivity index (χ1n) is 7.49. The molecule has 1 aromatic heterocycles. The molecule has 0 amide bonds. The maximum absolute atomic E-state index is 4.75. The third kappa shape index (κ3) is 2.73. The molecule has 3 heteroatoms. The minimum atomic E-state index is 0.373. The molecule has 0 radical (unpaired) electrons. The van der Waals surface area contributed by atoms with Gasteiger partial charge in [-0.2, -0.15) is 0 Å². The van der Waals surface area contributed by atoms with E-state index in [0.717, 1.165) is 43.9 Å². The van der Waals surface area contributed by atoms with Crippen molar-refractivity contribution in [2.24, 2.45) is 0 Å². The molecule has 1 aliphatic rings. The molecule has 0 fully saturated rings. The molecule has 1 N–H and O–H groups in total. The van der Waals surface area contributed by atoms with Crippen molar-refractivity contribution in [3.63, 3.8) is 0 Å². The molecule has 0 saturated carbocycles. The summed E-state index contributed by atoms with van der Waals surface area (Å²) in [6.45, 7) is 4.04. The minimum absolute atomic E-state index is 0.373. The summed E-state index contributed by atoms with van der Waals surface area (Å²) in [6.07, 6.45) is 5.31. The highest BCUT2D eigenvalue weighted by atomic mass is 14.9. The highest BCUT2D eigenvalue weighted by Crippen LogP contribution is 2.36. The topological polar surface area (TPSA) is 37.8 Å². The molecule has 0 bridgehead atoms. The van der Waals surface area contributed by atoms with Crippen LogP contribution < -0.4 is 5.32 Å². The number of benzene rings is 1. The van der Waals surface area contributed by atoms with Crippen molar-refractivity contribution >= 4 is 0 Å². The fraction of sp³-hybridized carbons (Fsp3) is 0.412. The SMILES string of the molecule is CCCNCc1ccnc(C2CCc3ccccc32)n1. The lowest BCUT2D eigenvalue weighted by atomic mass is 10.0. The number of nitrogens with zero attached hydrogens (tertiary/aromatic N) is 2. The Morgan fingerprint density at radius 2 is 2.15 bits per heavy atom. The van der Waals surface area contributed by atoms with Crippen molar-refractivity contribution < 1.29 is 0 Å². The second kappa shape index (κ2) is 6.14. The zero-order valence-electron chi connectivity index (χ0n) is 12.0. The van der Waals surface area contributed by atoms with Crippen LogP contribution >= 0.6 is 0 Å². The summed E-state index contributed by atoms with van der Waals surface area (Å²) in [5, 5.41) is 3.40. The molecule has 20 heavy (non-hydrogen) atoms. The average Bonchev–Trinajstić information content (AvgIpc) is 2.92. The third-order valence-corrected chi connectivity index (χ3v) is 3.91. The Morgan fingerprint density at radius 1 is 1.25 bits per heavy atom. The van der Waals surface area contributed by atoms with Gasteiger partial charge in [0, 0.05) is 18.7 Å². The van der Waals surface area contributed by atoms with Gasteiger partial charge in [-0.3, -0.25) is 0 Å². The summed E-state index contributed by atoms with van der Waals surface area (Å²) in [5.74, 6) is 1.35. The fourth-order valence-corrected chi connectivity index (χ4v) is 2.90. The van der Waals surface area contributed by atoms with Crippen LogP contribution in [0.4, 0.5) is 0 Å². The second-order valence-electron chi connectivity index (χ2n) is 5.37. The first kappa shape index (κ1) is 13.3. The van der Waals surface area contributed by atoms with Crippen LogP contribution in [0.3, 0.4) is 0 Å². The summed E-state index contributed by atoms with van der Waals surface area (Å²) in [4.78, 5) is 9.26. The maximum atomic E-state index is 4.75. The normalized spacial score (nSPS) is 17.1. The van der Waals surface area contributed by atoms with Gasteiger partial charge in [-0.05, 0) is 43.0 Å². The fourth-order valence-electron chi connectivity index (χ4n) is 2.90. The predicted octanol–water partition coefficient (Wildman–Crippen LogP) is 3.05. The van der Waals surface area contributed by atoms with Gasteiger partial charge in [0.1, 0.15) is 5.82 Å². The Hall–Kier alpha value is -1.74. The highest BCUT2D eigenvalue weighted by molar-refractivity contribution is 5.38. The Bertz CT molecular complexity index is 580. The summed E-state index contributed by atoms with van der Waals surface area (Å²) in [7, 11) is 0. The van der Waals surface area contributed by atoms with E-state index in [2.05, 4.69) is 41.5 Å². The minimum Gasteiger partial charge on any atom is -0.311 e. The van der Waals surface area contributed by atoms with Crippen molar-refractivity contribution in [3.8, 4) is 0 Å². The molecule has 0 spiro atoms. The van der Waals surface area contributed by atoms with Gasteiger partial charge in [0.15, 0.2) is 0 Å². The molecule has 1 atom stereocenters. The van der Waals surface area contributed by atoms with Gasteiger partial charge in [-0.15, -0.1) is 0 Å². The molecule has 1 unspecified atom stereocenters. The van der Waals surface area contributed by atoms with Crippen molar-refractivity contribution in [1.82, 2.24) is 15.3 Å². The van der Waals surface area contributed by atoms with E-state index in [4.69, 9.17) is 4.98 Å². The van der Waals surface area contributed by atoms with Gasteiger partial charge in [0.05, 0.1) is 5.69 Å². The van der Waals surface area contributed by atoms with E-state index in [1.165, 1.54) is 11.1 Å². The van der Waals surface area contributed by atoms with Crippen LogP contribution in [0.5, 0.6) is 0 Å². The summed E-state index contributed by atoms with van der Waals surface area (Å²) in [5.41, 5.74) is 3.95. The Kier molecular flexibility index (Phi) is 4.07. The summed E-state index contributed by atoms with van der Waals surface area (Å²) >= 11 is 0. The second-order valence-corrected chi connectivity index (χ2v) is 5.37. The number of aromatic nitrogens is 2. The van der Waals surface area contributed by atoms with Crippen LogP contribution in [0, 0.1) is 0 Å². The molecule has 2 aromatic rings. The van der Waals surface area contributed by atoms with Crippen LogP contribution in [0.15, 0.2) is 36.5 Å². The average molecular weight is 267 g/mol. The molecular formula is C17H21N3. The summed E-state index contributed by atoms with van der Waals surface area (Å²) < 4.78 is 0. The Balaban J connectivity index is 1.79. The lowest BCUT2D eigenvalue weighted by molar-refractivity contribution is 0.649. The Labute approximate surface area is 120 Å². The Morgan fingerprint density at radius 3 is 3.05 bits per heavy atom. The number of hydrogen-bond acceptors (Lipinski definition) is 3. The van der Waals surface area contributed by atoms with Crippen molar-refractivity contribution in [2.75, 3.05) is 6.54 Å². The lowest BCUT2D eigenvalue weighted by Crippen LogP contribution is -2.16. The smallest absolute Gasteiger partial charge is 0.136 e. The van der Waals surface area contributed by atoms with Crippen LogP contribution in [0.25, 0.3) is 0 Å². The molecule has 1 aromatic carbocycles. The van der Waals surface area contributed by atoms with E-state index in [9.17, 15) is 0 Å². The van der Waals surface area contributed by atoms with Crippen molar-refractivity contribution in [2.45, 2.75) is 38.6 Å². The number of hydrogen-bond donors (Lipinski definition) is 1. The van der Waals surface area contributed by atoms with E-state index in [0.29, 0.717) is 5.92 Å². The first-order valence-corrected chi connectivity index (χ1v) is 7.49.